The van der Waals surface area contributed by atoms with Crippen molar-refractivity contribution in [3.63, 3.8) is 0 Å². The van der Waals surface area contributed by atoms with Gasteiger partial charge in [-0.3, -0.25) is 4.79 Å². The number of carbonyl (C=O) groups is 1. The summed E-state index contributed by atoms with van der Waals surface area (Å²) in [4.78, 5) is 26.8. The van der Waals surface area contributed by atoms with Gasteiger partial charge in [0.15, 0.2) is 5.13 Å². The van der Waals surface area contributed by atoms with E-state index in [4.69, 9.17) is 0 Å². The molecule has 148 valence electrons. The standard InChI is InChI=1S/C21H20N4OS3/c1-3-13-5-7-14(8-6-13)15-11-28-19-17(15)20(24-12-23-19)29-16(4-2)18(26)25-21-22-9-10-27-21/h5-12,16H,3-4H2,1-2H3,(H,22,25,26). The molecule has 4 rings (SSSR count). The molecule has 0 saturated carbocycles. The molecule has 4 aromatic rings. The number of thioether (sulfide) groups is 1. The van der Waals surface area contributed by atoms with Gasteiger partial charge < -0.3 is 5.32 Å². The van der Waals surface area contributed by atoms with Gasteiger partial charge in [0, 0.05) is 22.5 Å². The van der Waals surface area contributed by atoms with E-state index in [0.29, 0.717) is 11.6 Å². The number of fused-ring (bicyclic) bond motifs is 1. The van der Waals surface area contributed by atoms with Crippen molar-refractivity contribution >= 4 is 55.7 Å². The van der Waals surface area contributed by atoms with Gasteiger partial charge in [-0.2, -0.15) is 0 Å². The van der Waals surface area contributed by atoms with Crippen molar-refractivity contribution in [2.45, 2.75) is 37.0 Å². The van der Waals surface area contributed by atoms with E-state index in [1.165, 1.54) is 28.7 Å². The second-order valence-electron chi connectivity index (χ2n) is 6.40. The molecule has 0 fully saturated rings. The number of aryl methyl sites for hydroxylation is 1. The molecule has 3 aromatic heterocycles. The second kappa shape index (κ2) is 9.02. The van der Waals surface area contributed by atoms with Crippen LogP contribution in [0.5, 0.6) is 0 Å². The van der Waals surface area contributed by atoms with Crippen molar-refractivity contribution in [3.05, 3.63) is 53.1 Å². The van der Waals surface area contributed by atoms with Gasteiger partial charge >= 0.3 is 0 Å². The highest BCUT2D eigenvalue weighted by molar-refractivity contribution is 8.00. The molecule has 1 amide bonds. The van der Waals surface area contributed by atoms with Crippen molar-refractivity contribution in [3.8, 4) is 11.1 Å². The summed E-state index contributed by atoms with van der Waals surface area (Å²) in [6.07, 6.45) is 4.97. The molecule has 0 spiro atoms. The monoisotopic (exact) mass is 440 g/mol. The number of aromatic nitrogens is 3. The minimum atomic E-state index is -0.257. The topological polar surface area (TPSA) is 67.8 Å². The molecule has 0 radical (unpaired) electrons. The largest absolute Gasteiger partial charge is 0.301 e. The molecule has 5 nitrogen and oxygen atoms in total. The van der Waals surface area contributed by atoms with E-state index in [1.54, 1.807) is 23.9 Å². The first kappa shape index (κ1) is 20.0. The van der Waals surface area contributed by atoms with E-state index >= 15 is 0 Å². The van der Waals surface area contributed by atoms with E-state index in [0.717, 1.165) is 32.8 Å². The van der Waals surface area contributed by atoms with Crippen LogP contribution < -0.4 is 5.32 Å². The minimum absolute atomic E-state index is 0.0525. The second-order valence-corrected chi connectivity index (χ2v) is 9.34. The fraction of sp³-hybridized carbons (Fsp3) is 0.238. The molecule has 0 bridgehead atoms. The molecule has 0 saturated heterocycles. The summed E-state index contributed by atoms with van der Waals surface area (Å²) in [5, 5.41) is 9.10. The summed E-state index contributed by atoms with van der Waals surface area (Å²) >= 11 is 4.51. The third-order valence-electron chi connectivity index (χ3n) is 4.59. The van der Waals surface area contributed by atoms with Crippen LogP contribution >= 0.6 is 34.4 Å². The van der Waals surface area contributed by atoms with Crippen LogP contribution in [0.3, 0.4) is 0 Å². The predicted octanol–water partition coefficient (Wildman–Crippen LogP) is 5.89. The molecule has 1 N–H and O–H groups in total. The maximum atomic E-state index is 12.7. The zero-order chi connectivity index (χ0) is 20.2. The number of thiazole rings is 1. The van der Waals surface area contributed by atoms with Crippen LogP contribution in [0.1, 0.15) is 25.8 Å². The first-order valence-corrected chi connectivity index (χ1v) is 12.0. The molecular weight excluding hydrogens is 420 g/mol. The van der Waals surface area contributed by atoms with Crippen LogP contribution in [0.4, 0.5) is 5.13 Å². The van der Waals surface area contributed by atoms with Gasteiger partial charge in [0.25, 0.3) is 0 Å². The van der Waals surface area contributed by atoms with Gasteiger partial charge in [-0.25, -0.2) is 15.0 Å². The number of rotatable bonds is 7. The number of amides is 1. The molecule has 0 aliphatic heterocycles. The van der Waals surface area contributed by atoms with Crippen LogP contribution in [0.2, 0.25) is 0 Å². The Balaban J connectivity index is 1.66. The molecule has 3 heterocycles. The van der Waals surface area contributed by atoms with Gasteiger partial charge in [-0.15, -0.1) is 22.7 Å². The lowest BCUT2D eigenvalue weighted by atomic mass is 10.0. The van der Waals surface area contributed by atoms with E-state index in [2.05, 4.69) is 56.8 Å². The number of thiophene rings is 1. The normalized spacial score (nSPS) is 12.2. The number of hydrogen-bond donors (Lipinski definition) is 1. The molecule has 0 aliphatic carbocycles. The van der Waals surface area contributed by atoms with Crippen molar-refractivity contribution in [1.29, 1.82) is 0 Å². The summed E-state index contributed by atoms with van der Waals surface area (Å²) in [6.45, 7) is 4.16. The van der Waals surface area contributed by atoms with E-state index in [9.17, 15) is 4.79 Å². The fourth-order valence-corrected chi connectivity index (χ4v) is 5.54. The number of benzene rings is 1. The van der Waals surface area contributed by atoms with Crippen LogP contribution in [0.25, 0.3) is 21.3 Å². The average Bonchev–Trinajstić information content (AvgIpc) is 3.42. The number of nitrogens with zero attached hydrogens (tertiary/aromatic N) is 3. The Labute approximate surface area is 181 Å². The highest BCUT2D eigenvalue weighted by atomic mass is 32.2. The molecule has 0 aliphatic rings. The maximum absolute atomic E-state index is 12.7. The Morgan fingerprint density at radius 3 is 2.66 bits per heavy atom. The van der Waals surface area contributed by atoms with Crippen LogP contribution in [-0.2, 0) is 11.2 Å². The van der Waals surface area contributed by atoms with Crippen molar-refractivity contribution in [2.75, 3.05) is 5.32 Å². The lowest BCUT2D eigenvalue weighted by molar-refractivity contribution is -0.115. The first-order chi connectivity index (χ1) is 14.2. The first-order valence-electron chi connectivity index (χ1n) is 9.38. The summed E-state index contributed by atoms with van der Waals surface area (Å²) in [5.41, 5.74) is 3.57. The number of anilines is 1. The Morgan fingerprint density at radius 1 is 1.14 bits per heavy atom. The number of hydrogen-bond acceptors (Lipinski definition) is 7. The minimum Gasteiger partial charge on any atom is -0.301 e. The number of nitrogens with one attached hydrogen (secondary N) is 1. The van der Waals surface area contributed by atoms with Gasteiger partial charge in [0.1, 0.15) is 16.2 Å². The smallest absolute Gasteiger partial charge is 0.239 e. The van der Waals surface area contributed by atoms with Crippen LogP contribution in [0, 0.1) is 0 Å². The average molecular weight is 441 g/mol. The van der Waals surface area contributed by atoms with Crippen molar-refractivity contribution in [1.82, 2.24) is 15.0 Å². The summed E-state index contributed by atoms with van der Waals surface area (Å²) in [6, 6.07) is 8.61. The Kier molecular flexibility index (Phi) is 6.22. The highest BCUT2D eigenvalue weighted by Crippen LogP contribution is 2.39. The third kappa shape index (κ3) is 4.34. The van der Waals surface area contributed by atoms with Crippen molar-refractivity contribution in [2.24, 2.45) is 0 Å². The molecule has 1 atom stereocenters. The van der Waals surface area contributed by atoms with Crippen molar-refractivity contribution < 1.29 is 4.79 Å². The number of carbonyl (C=O) groups excluding carboxylic acids is 1. The zero-order valence-corrected chi connectivity index (χ0v) is 18.5. The van der Waals surface area contributed by atoms with Gasteiger partial charge in [0.05, 0.1) is 10.6 Å². The van der Waals surface area contributed by atoms with Crippen LogP contribution in [0.15, 0.2) is 52.6 Å². The Bertz CT molecular complexity index is 1110. The third-order valence-corrected chi connectivity index (χ3v) is 7.53. The Hall–Kier alpha value is -2.29. The highest BCUT2D eigenvalue weighted by Gasteiger charge is 2.22. The van der Waals surface area contributed by atoms with E-state index < -0.39 is 0 Å². The van der Waals surface area contributed by atoms with Gasteiger partial charge in [-0.1, -0.05) is 49.9 Å². The summed E-state index contributed by atoms with van der Waals surface area (Å²) in [7, 11) is 0. The molecule has 1 unspecified atom stereocenters. The Morgan fingerprint density at radius 2 is 1.97 bits per heavy atom. The lowest BCUT2D eigenvalue weighted by Crippen LogP contribution is -2.24. The lowest BCUT2D eigenvalue weighted by Gasteiger charge is -2.14. The SMILES string of the molecule is CCc1ccc(-c2csc3ncnc(SC(CC)C(=O)Nc4nccs4)c23)cc1. The predicted molar refractivity (Wildman–Crippen MR) is 123 cm³/mol. The van der Waals surface area contributed by atoms with E-state index in [-0.39, 0.29) is 11.2 Å². The van der Waals surface area contributed by atoms with Gasteiger partial charge in [0.2, 0.25) is 5.91 Å². The zero-order valence-electron chi connectivity index (χ0n) is 16.1. The van der Waals surface area contributed by atoms with Crippen LogP contribution in [-0.4, -0.2) is 26.1 Å². The summed E-state index contributed by atoms with van der Waals surface area (Å²) in [5.74, 6) is -0.0525. The molecule has 1 aromatic carbocycles. The quantitative estimate of drug-likeness (QED) is 0.287. The summed E-state index contributed by atoms with van der Waals surface area (Å²) < 4.78 is 0. The fourth-order valence-electron chi connectivity index (χ4n) is 3.00. The maximum Gasteiger partial charge on any atom is 0.239 e. The van der Waals surface area contributed by atoms with E-state index in [1.807, 2.05) is 12.3 Å². The molecular formula is C21H20N4OS3. The molecule has 29 heavy (non-hydrogen) atoms. The molecule has 8 heteroatoms. The van der Waals surface area contributed by atoms with Gasteiger partial charge in [-0.05, 0) is 24.0 Å².